The van der Waals surface area contributed by atoms with Crippen molar-refractivity contribution in [3.05, 3.63) is 59.1 Å². The summed E-state index contributed by atoms with van der Waals surface area (Å²) in [6.45, 7) is 4.65. The summed E-state index contributed by atoms with van der Waals surface area (Å²) in [5.41, 5.74) is 1.62. The van der Waals surface area contributed by atoms with Crippen LogP contribution < -0.4 is 10.6 Å². The van der Waals surface area contributed by atoms with Crippen molar-refractivity contribution in [2.45, 2.75) is 51.4 Å². The van der Waals surface area contributed by atoms with Gasteiger partial charge in [0.25, 0.3) is 0 Å². The summed E-state index contributed by atoms with van der Waals surface area (Å²) in [7, 11) is 0. The van der Waals surface area contributed by atoms with Crippen LogP contribution in [0.15, 0.2) is 48.5 Å². The Balaban J connectivity index is 1.77. The Morgan fingerprint density at radius 3 is 2.28 bits per heavy atom. The number of nitrogens with zero attached hydrogens (tertiary/aromatic N) is 1. The van der Waals surface area contributed by atoms with Crippen LogP contribution >= 0.6 is 11.6 Å². The van der Waals surface area contributed by atoms with Gasteiger partial charge in [-0.3, -0.25) is 9.59 Å². The van der Waals surface area contributed by atoms with Gasteiger partial charge in [-0.05, 0) is 22.6 Å². The van der Waals surface area contributed by atoms with Gasteiger partial charge in [-0.25, -0.2) is 4.79 Å². The Bertz CT molecular complexity index is 1100. The summed E-state index contributed by atoms with van der Waals surface area (Å²) in [6, 6.07) is 11.8. The van der Waals surface area contributed by atoms with Crippen molar-refractivity contribution in [3.8, 4) is 11.1 Å². The Morgan fingerprint density at radius 2 is 1.72 bits per heavy atom. The molecule has 2 aromatic carbocycles. The van der Waals surface area contributed by atoms with Crippen LogP contribution in [0.4, 0.5) is 4.79 Å². The van der Waals surface area contributed by atoms with Crippen LogP contribution in [0.1, 0.15) is 38.8 Å². The number of carboxylic acid groups (broad SMARTS) is 1. The molecule has 0 unspecified atom stereocenters. The summed E-state index contributed by atoms with van der Waals surface area (Å²) in [5.74, 6) is -1.14. The monoisotopic (exact) mass is 517 g/mol. The molecule has 5 N–H and O–H groups in total. The second-order valence-corrected chi connectivity index (χ2v) is 10.4. The Morgan fingerprint density at radius 1 is 1.08 bits per heavy atom. The van der Waals surface area contributed by atoms with E-state index in [9.17, 15) is 29.7 Å². The van der Waals surface area contributed by atoms with Crippen molar-refractivity contribution in [2.75, 3.05) is 13.2 Å². The van der Waals surface area contributed by atoms with Gasteiger partial charge in [-0.2, -0.15) is 0 Å². The first-order valence-corrected chi connectivity index (χ1v) is 12.0. The number of carbonyl (C=O) groups excluding carboxylic acids is 2. The molecule has 2 aromatic rings. The highest BCUT2D eigenvalue weighted by Gasteiger charge is 2.44. The molecule has 4 atom stereocenters. The standard InChI is InChI=1S/C26H32ClN3O6/c1-26(2,3)22(29-25(35)36)24(34)30-13-17(32)12-21(30)23(33)28-20(14-31)16-10-8-15(9-11-16)18-6-4-5-7-19(18)27/h4-11,17,20-22,29,31-32H,12-14H2,1-3H3,(H,28,33)(H,35,36)/t17-,20+,21+,22-/m1/s1. The highest BCUT2D eigenvalue weighted by Crippen LogP contribution is 2.29. The molecule has 10 heteroatoms. The lowest BCUT2D eigenvalue weighted by Gasteiger charge is -2.35. The van der Waals surface area contributed by atoms with E-state index in [0.717, 1.165) is 11.1 Å². The zero-order chi connectivity index (χ0) is 26.6. The molecule has 0 aromatic heterocycles. The van der Waals surface area contributed by atoms with E-state index in [-0.39, 0.29) is 19.6 Å². The number of β-amino-alcohol motifs (C(OH)–C–C–N with tert-alkyl or cyclic N) is 1. The number of halogens is 1. The lowest BCUT2D eigenvalue weighted by Crippen LogP contribution is -2.57. The minimum absolute atomic E-state index is 0.00506. The Kier molecular flexibility index (Phi) is 8.60. The Labute approximate surface area is 215 Å². The van der Waals surface area contributed by atoms with Crippen molar-refractivity contribution < 1.29 is 29.7 Å². The fourth-order valence-electron chi connectivity index (χ4n) is 4.34. The normalized spacial score (nSPS) is 19.4. The molecule has 0 spiro atoms. The maximum absolute atomic E-state index is 13.3. The van der Waals surface area contributed by atoms with Gasteiger partial charge in [0.05, 0.1) is 18.8 Å². The van der Waals surface area contributed by atoms with Gasteiger partial charge in [0.15, 0.2) is 0 Å². The first-order chi connectivity index (χ1) is 16.9. The summed E-state index contributed by atoms with van der Waals surface area (Å²) >= 11 is 6.27. The van der Waals surface area contributed by atoms with Crippen molar-refractivity contribution in [3.63, 3.8) is 0 Å². The second-order valence-electron chi connectivity index (χ2n) is 9.99. The third-order valence-electron chi connectivity index (χ3n) is 6.24. The maximum atomic E-state index is 13.3. The van der Waals surface area contributed by atoms with E-state index in [2.05, 4.69) is 10.6 Å². The summed E-state index contributed by atoms with van der Waals surface area (Å²) in [5, 5.41) is 35.0. The highest BCUT2D eigenvalue weighted by atomic mass is 35.5. The van der Waals surface area contributed by atoms with E-state index in [1.54, 1.807) is 39.0 Å². The fraction of sp³-hybridized carbons (Fsp3) is 0.423. The number of nitrogens with one attached hydrogen (secondary N) is 2. The molecular formula is C26H32ClN3O6. The molecule has 1 fully saturated rings. The summed E-state index contributed by atoms with van der Waals surface area (Å²) in [4.78, 5) is 38.9. The summed E-state index contributed by atoms with van der Waals surface area (Å²) in [6.07, 6.45) is -2.28. The number of aliphatic hydroxyl groups excluding tert-OH is 2. The first kappa shape index (κ1) is 27.4. The molecular weight excluding hydrogens is 486 g/mol. The van der Waals surface area contributed by atoms with Crippen LogP contribution in [0.5, 0.6) is 0 Å². The van der Waals surface area contributed by atoms with Gasteiger partial charge in [-0.1, -0.05) is 74.8 Å². The minimum Gasteiger partial charge on any atom is -0.465 e. The molecule has 3 rings (SSSR count). The lowest BCUT2D eigenvalue weighted by molar-refractivity contribution is -0.142. The third-order valence-corrected chi connectivity index (χ3v) is 6.57. The average Bonchev–Trinajstić information content (AvgIpc) is 3.22. The van der Waals surface area contributed by atoms with E-state index in [1.807, 2.05) is 30.3 Å². The van der Waals surface area contributed by atoms with Crippen LogP contribution in [0.2, 0.25) is 5.02 Å². The van der Waals surface area contributed by atoms with Gasteiger partial charge < -0.3 is 30.9 Å². The van der Waals surface area contributed by atoms with E-state index in [0.29, 0.717) is 10.6 Å². The largest absolute Gasteiger partial charge is 0.465 e. The number of amides is 3. The third kappa shape index (κ3) is 6.34. The maximum Gasteiger partial charge on any atom is 0.405 e. The number of hydrogen-bond donors (Lipinski definition) is 5. The van der Waals surface area contributed by atoms with Gasteiger partial charge >= 0.3 is 6.09 Å². The Hall–Kier alpha value is -3.14. The first-order valence-electron chi connectivity index (χ1n) is 11.7. The molecule has 3 amide bonds. The molecule has 1 aliphatic rings. The van der Waals surface area contributed by atoms with Gasteiger partial charge in [-0.15, -0.1) is 0 Å². The average molecular weight is 518 g/mol. The smallest absolute Gasteiger partial charge is 0.405 e. The number of benzene rings is 2. The second kappa shape index (κ2) is 11.3. The van der Waals surface area contributed by atoms with Gasteiger partial charge in [0.2, 0.25) is 11.8 Å². The molecule has 1 saturated heterocycles. The predicted molar refractivity (Wildman–Crippen MR) is 135 cm³/mol. The van der Waals surface area contributed by atoms with Gasteiger partial charge in [0.1, 0.15) is 12.1 Å². The SMILES string of the molecule is CC(C)(C)[C@H](NC(=O)O)C(=O)N1C[C@H](O)C[C@H]1C(=O)N[C@@H](CO)c1ccc(-c2ccccc2Cl)cc1. The quantitative estimate of drug-likeness (QED) is 0.382. The van der Waals surface area contributed by atoms with E-state index < -0.39 is 47.6 Å². The van der Waals surface area contributed by atoms with Crippen molar-refractivity contribution in [1.29, 1.82) is 0 Å². The predicted octanol–water partition coefficient (Wildman–Crippen LogP) is 2.80. The molecule has 0 saturated carbocycles. The van der Waals surface area contributed by atoms with Crippen LogP contribution in [-0.4, -0.2) is 69.5 Å². The molecule has 194 valence electrons. The van der Waals surface area contributed by atoms with Crippen LogP contribution in [0, 0.1) is 5.41 Å². The molecule has 1 heterocycles. The van der Waals surface area contributed by atoms with Crippen molar-refractivity contribution in [1.82, 2.24) is 15.5 Å². The number of hydrogen-bond acceptors (Lipinski definition) is 5. The number of carbonyl (C=O) groups is 3. The molecule has 9 nitrogen and oxygen atoms in total. The van der Waals surface area contributed by atoms with Crippen molar-refractivity contribution >= 4 is 29.5 Å². The molecule has 0 bridgehead atoms. The zero-order valence-corrected chi connectivity index (χ0v) is 21.2. The molecule has 1 aliphatic heterocycles. The summed E-state index contributed by atoms with van der Waals surface area (Å²) < 4.78 is 0. The lowest BCUT2D eigenvalue weighted by atomic mass is 9.85. The van der Waals surface area contributed by atoms with E-state index in [1.165, 1.54) is 4.90 Å². The van der Waals surface area contributed by atoms with Crippen LogP contribution in [-0.2, 0) is 9.59 Å². The van der Waals surface area contributed by atoms with Crippen LogP contribution in [0.3, 0.4) is 0 Å². The number of aliphatic hydroxyl groups is 2. The number of rotatable bonds is 7. The van der Waals surface area contributed by atoms with Gasteiger partial charge in [0, 0.05) is 23.6 Å². The zero-order valence-electron chi connectivity index (χ0n) is 20.4. The highest BCUT2D eigenvalue weighted by molar-refractivity contribution is 6.33. The van der Waals surface area contributed by atoms with Crippen LogP contribution in [0.25, 0.3) is 11.1 Å². The minimum atomic E-state index is -1.36. The molecule has 0 radical (unpaired) electrons. The van der Waals surface area contributed by atoms with E-state index in [4.69, 9.17) is 11.6 Å². The molecule has 36 heavy (non-hydrogen) atoms. The molecule has 0 aliphatic carbocycles. The fourth-order valence-corrected chi connectivity index (χ4v) is 4.58. The topological polar surface area (TPSA) is 139 Å². The number of likely N-dealkylation sites (tertiary alicyclic amines) is 1. The van der Waals surface area contributed by atoms with Crippen molar-refractivity contribution in [2.24, 2.45) is 5.41 Å². The van der Waals surface area contributed by atoms with E-state index >= 15 is 0 Å².